The molecule has 1 unspecified atom stereocenters. The lowest BCUT2D eigenvalue weighted by atomic mass is 10.5. The highest BCUT2D eigenvalue weighted by Gasteiger charge is 2.14. The minimum atomic E-state index is -3.23. The van der Waals surface area contributed by atoms with Crippen molar-refractivity contribution in [3.05, 3.63) is 11.9 Å². The van der Waals surface area contributed by atoms with E-state index in [4.69, 9.17) is 16.5 Å². The van der Waals surface area contributed by atoms with Gasteiger partial charge in [-0.05, 0) is 24.3 Å². The Morgan fingerprint density at radius 1 is 1.67 bits per heavy atom. The van der Waals surface area contributed by atoms with Gasteiger partial charge in [0.15, 0.2) is 0 Å². The summed E-state index contributed by atoms with van der Waals surface area (Å²) in [5, 5.41) is -0.580. The molecule has 0 aromatic carbocycles. The van der Waals surface area contributed by atoms with Crippen molar-refractivity contribution in [1.29, 1.82) is 0 Å². The molecule has 0 aromatic rings. The molecular formula is C6H11Cl2O3P. The molecule has 1 atom stereocenters. The maximum absolute atomic E-state index is 11.0. The summed E-state index contributed by atoms with van der Waals surface area (Å²) in [6.07, 6.45) is 1.36. The van der Waals surface area contributed by atoms with E-state index in [1.54, 1.807) is 6.92 Å². The van der Waals surface area contributed by atoms with Gasteiger partial charge in [0.2, 0.25) is 12.6 Å². The first-order valence-electron chi connectivity index (χ1n) is 3.11. The Morgan fingerprint density at radius 2 is 2.17 bits per heavy atom. The highest BCUT2D eigenvalue weighted by molar-refractivity contribution is 7.61. The first kappa shape index (κ1) is 14.7. The predicted octanol–water partition coefficient (Wildman–Crippen LogP) is 2.37. The Balaban J connectivity index is 0. The second-order valence-electron chi connectivity index (χ2n) is 2.07. The number of allylic oxidation sites excluding steroid dienone is 1. The van der Waals surface area contributed by atoms with E-state index in [1.807, 2.05) is 0 Å². The normalized spacial score (nSPS) is 15.2. The van der Waals surface area contributed by atoms with Gasteiger partial charge in [-0.1, -0.05) is 6.08 Å². The first-order valence-corrected chi connectivity index (χ1v) is 5.41. The average molecular weight is 233 g/mol. The predicted molar refractivity (Wildman–Crippen MR) is 52.2 cm³/mol. The molecule has 0 aliphatic rings. The Labute approximate surface area is 82.7 Å². The molecule has 0 radical (unpaired) electrons. The molecule has 0 saturated carbocycles. The van der Waals surface area contributed by atoms with Crippen molar-refractivity contribution in [3.8, 4) is 0 Å². The van der Waals surface area contributed by atoms with E-state index >= 15 is 0 Å². The van der Waals surface area contributed by atoms with Gasteiger partial charge in [-0.3, -0.25) is 9.36 Å². The standard InChI is InChI=1S/C6H10ClO3P.ClH/c1-2-4-11(9,10)5-3-6(7)8;/h2,4H,3,5H2,1H3,(H,9,10);1H. The van der Waals surface area contributed by atoms with Crippen LogP contribution < -0.4 is 0 Å². The quantitative estimate of drug-likeness (QED) is 0.599. The maximum Gasteiger partial charge on any atom is 0.222 e. The Bertz CT molecular complexity index is 215. The molecule has 0 aliphatic heterocycles. The molecule has 6 heteroatoms. The van der Waals surface area contributed by atoms with Crippen LogP contribution in [0.25, 0.3) is 0 Å². The van der Waals surface area contributed by atoms with E-state index in [9.17, 15) is 9.36 Å². The zero-order valence-electron chi connectivity index (χ0n) is 6.57. The van der Waals surface area contributed by atoms with E-state index in [-0.39, 0.29) is 25.0 Å². The van der Waals surface area contributed by atoms with E-state index in [1.165, 1.54) is 11.9 Å². The largest absolute Gasteiger partial charge is 0.341 e. The van der Waals surface area contributed by atoms with E-state index in [2.05, 4.69) is 0 Å². The smallest absolute Gasteiger partial charge is 0.222 e. The SMILES string of the molecule is CC=CP(=O)(O)CCC(=O)Cl.Cl. The van der Waals surface area contributed by atoms with E-state index in [0.29, 0.717) is 0 Å². The van der Waals surface area contributed by atoms with Crippen molar-refractivity contribution in [2.45, 2.75) is 13.3 Å². The highest BCUT2D eigenvalue weighted by atomic mass is 35.5. The Kier molecular flexibility index (Phi) is 8.17. The van der Waals surface area contributed by atoms with Crippen molar-refractivity contribution >= 4 is 36.6 Å². The van der Waals surface area contributed by atoms with Crippen molar-refractivity contribution < 1.29 is 14.3 Å². The third-order valence-electron chi connectivity index (χ3n) is 1.01. The molecule has 0 aromatic heterocycles. The van der Waals surface area contributed by atoms with Gasteiger partial charge in [-0.25, -0.2) is 0 Å². The summed E-state index contributed by atoms with van der Waals surface area (Å²) >= 11 is 4.99. The minimum absolute atomic E-state index is 0. The van der Waals surface area contributed by atoms with Gasteiger partial charge >= 0.3 is 0 Å². The van der Waals surface area contributed by atoms with Crippen LogP contribution in [0.5, 0.6) is 0 Å². The number of carbonyl (C=O) groups is 1. The zero-order valence-corrected chi connectivity index (χ0v) is 9.03. The fraction of sp³-hybridized carbons (Fsp3) is 0.500. The summed E-state index contributed by atoms with van der Waals surface area (Å²) < 4.78 is 11.0. The third-order valence-corrected chi connectivity index (χ3v) is 2.83. The van der Waals surface area contributed by atoms with Gasteiger partial charge in [0.05, 0.1) is 0 Å². The average Bonchev–Trinajstić information content (AvgIpc) is 1.84. The Morgan fingerprint density at radius 3 is 2.50 bits per heavy atom. The second-order valence-corrected chi connectivity index (χ2v) is 4.74. The lowest BCUT2D eigenvalue weighted by Gasteiger charge is -2.02. The number of rotatable bonds is 4. The molecule has 0 spiro atoms. The van der Waals surface area contributed by atoms with E-state index < -0.39 is 12.6 Å². The summed E-state index contributed by atoms with van der Waals surface area (Å²) in [6.45, 7) is 1.64. The van der Waals surface area contributed by atoms with Crippen LogP contribution in [0.15, 0.2) is 11.9 Å². The summed E-state index contributed by atoms with van der Waals surface area (Å²) in [5.74, 6) is 1.20. The molecule has 72 valence electrons. The van der Waals surface area contributed by atoms with E-state index in [0.717, 1.165) is 0 Å². The molecule has 0 heterocycles. The molecule has 0 rings (SSSR count). The molecule has 0 fully saturated rings. The molecule has 0 bridgehead atoms. The second kappa shape index (κ2) is 6.67. The summed E-state index contributed by atoms with van der Waals surface area (Å²) in [6, 6.07) is 0. The van der Waals surface area contributed by atoms with Crippen LogP contribution in [0.4, 0.5) is 0 Å². The minimum Gasteiger partial charge on any atom is -0.341 e. The fourth-order valence-electron chi connectivity index (χ4n) is 0.556. The van der Waals surface area contributed by atoms with Gasteiger partial charge in [-0.15, -0.1) is 12.4 Å². The summed E-state index contributed by atoms with van der Waals surface area (Å²) in [7, 11) is -3.23. The molecule has 0 saturated heterocycles. The van der Waals surface area contributed by atoms with Crippen LogP contribution in [0.1, 0.15) is 13.3 Å². The monoisotopic (exact) mass is 232 g/mol. The molecule has 1 N–H and O–H groups in total. The van der Waals surface area contributed by atoms with Gasteiger partial charge in [0, 0.05) is 12.6 Å². The van der Waals surface area contributed by atoms with Gasteiger partial charge in [0.25, 0.3) is 0 Å². The highest BCUT2D eigenvalue weighted by Crippen LogP contribution is 2.42. The first-order chi connectivity index (χ1) is 4.98. The van der Waals surface area contributed by atoms with Crippen molar-refractivity contribution in [1.82, 2.24) is 0 Å². The van der Waals surface area contributed by atoms with Crippen LogP contribution in [0, 0.1) is 0 Å². The number of hydrogen-bond acceptors (Lipinski definition) is 2. The van der Waals surface area contributed by atoms with Crippen LogP contribution in [-0.4, -0.2) is 16.3 Å². The maximum atomic E-state index is 11.0. The number of halogens is 2. The fourth-order valence-corrected chi connectivity index (χ4v) is 1.92. The van der Waals surface area contributed by atoms with Gasteiger partial charge in [0.1, 0.15) is 0 Å². The molecule has 0 aliphatic carbocycles. The Hall–Kier alpha value is 0.180. The topological polar surface area (TPSA) is 54.4 Å². The van der Waals surface area contributed by atoms with Gasteiger partial charge in [-0.2, -0.15) is 0 Å². The zero-order chi connectivity index (χ0) is 8.91. The molecule has 0 amide bonds. The van der Waals surface area contributed by atoms with Crippen LogP contribution in [0.3, 0.4) is 0 Å². The third kappa shape index (κ3) is 8.28. The molecular weight excluding hydrogens is 222 g/mol. The lowest BCUT2D eigenvalue weighted by molar-refractivity contribution is -0.111. The van der Waals surface area contributed by atoms with Crippen LogP contribution in [-0.2, 0) is 9.36 Å². The number of hydrogen-bond donors (Lipinski definition) is 1. The molecule has 12 heavy (non-hydrogen) atoms. The lowest BCUT2D eigenvalue weighted by Crippen LogP contribution is -1.92. The van der Waals surface area contributed by atoms with Crippen molar-refractivity contribution in [2.75, 3.05) is 6.16 Å². The number of carbonyl (C=O) groups excluding carboxylic acids is 1. The van der Waals surface area contributed by atoms with Crippen molar-refractivity contribution in [2.24, 2.45) is 0 Å². The molecule has 3 nitrogen and oxygen atoms in total. The van der Waals surface area contributed by atoms with Crippen LogP contribution in [0.2, 0.25) is 0 Å². The summed E-state index contributed by atoms with van der Waals surface area (Å²) in [4.78, 5) is 19.2. The van der Waals surface area contributed by atoms with Crippen LogP contribution >= 0.6 is 31.4 Å². The van der Waals surface area contributed by atoms with Gasteiger partial charge < -0.3 is 4.89 Å². The van der Waals surface area contributed by atoms with Crippen molar-refractivity contribution in [3.63, 3.8) is 0 Å². The summed E-state index contributed by atoms with van der Waals surface area (Å²) in [5.41, 5.74) is 0.